The second-order valence-electron chi connectivity index (χ2n) is 14.2. The van der Waals surface area contributed by atoms with Gasteiger partial charge in [0.05, 0.1) is 53.0 Å². The zero-order chi connectivity index (χ0) is 42.3. The first-order valence-corrected chi connectivity index (χ1v) is 19.6. The van der Waals surface area contributed by atoms with Gasteiger partial charge in [0.2, 0.25) is 17.7 Å². The minimum absolute atomic E-state index is 0.147. The third-order valence-corrected chi connectivity index (χ3v) is 9.37. The second-order valence-corrected chi connectivity index (χ2v) is 14.2. The first kappa shape index (κ1) is 46.5. The highest BCUT2D eigenvalue weighted by Crippen LogP contribution is 2.16. The lowest BCUT2D eigenvalue weighted by molar-refractivity contribution is -0.448. The molecule has 0 radical (unpaired) electrons. The summed E-state index contributed by atoms with van der Waals surface area (Å²) in [6, 6.07) is 21.1. The predicted molar refractivity (Wildman–Crippen MR) is 223 cm³/mol. The fourth-order valence-electron chi connectivity index (χ4n) is 6.09. The maximum absolute atomic E-state index is 14.0. The van der Waals surface area contributed by atoms with E-state index in [2.05, 4.69) is 26.3 Å². The summed E-state index contributed by atoms with van der Waals surface area (Å²) in [5, 5.41) is 23.1. The molecule has 314 valence electrons. The molecule has 8 N–H and O–H groups in total. The molecule has 0 saturated heterocycles. The number of amides is 3. The third-order valence-electron chi connectivity index (χ3n) is 9.37. The van der Waals surface area contributed by atoms with Gasteiger partial charge in [-0.1, -0.05) is 66.2 Å². The van der Waals surface area contributed by atoms with E-state index in [0.717, 1.165) is 28.0 Å². The molecule has 0 bridgehead atoms. The molecular formula is C44H61N6O8+. The number of rotatable bonds is 24. The van der Waals surface area contributed by atoms with Crippen LogP contribution in [-0.4, -0.2) is 93.4 Å². The number of allylic oxidation sites excluding steroid dienone is 1. The number of benzene rings is 3. The van der Waals surface area contributed by atoms with E-state index in [1.807, 2.05) is 74.5 Å². The highest BCUT2D eigenvalue weighted by Gasteiger charge is 2.30. The van der Waals surface area contributed by atoms with Crippen LogP contribution in [-0.2, 0) is 43.2 Å². The van der Waals surface area contributed by atoms with Gasteiger partial charge in [-0.25, -0.2) is 4.79 Å². The number of guanidine groups is 1. The Morgan fingerprint density at radius 1 is 0.759 bits per heavy atom. The van der Waals surface area contributed by atoms with Gasteiger partial charge in [0, 0.05) is 12.8 Å². The van der Waals surface area contributed by atoms with Crippen molar-refractivity contribution in [3.8, 4) is 11.5 Å². The first-order valence-electron chi connectivity index (χ1n) is 19.6. The van der Waals surface area contributed by atoms with Crippen LogP contribution < -0.4 is 41.5 Å². The van der Waals surface area contributed by atoms with Gasteiger partial charge in [-0.05, 0) is 86.9 Å². The number of aliphatic hydroxyl groups excluding tert-OH is 1. The number of aryl methyl sites for hydroxylation is 1. The Bertz CT molecular complexity index is 1780. The molecule has 0 heterocycles. The van der Waals surface area contributed by atoms with E-state index >= 15 is 0 Å². The van der Waals surface area contributed by atoms with Crippen molar-refractivity contribution in [2.24, 2.45) is 5.73 Å². The average Bonchev–Trinajstić information content (AvgIpc) is 3.21. The molecule has 58 heavy (non-hydrogen) atoms. The smallest absolute Gasteiger partial charge is 0.341 e. The van der Waals surface area contributed by atoms with Crippen molar-refractivity contribution in [2.75, 3.05) is 34.4 Å². The monoisotopic (exact) mass is 801 g/mol. The Hall–Kier alpha value is -5.89. The Kier molecular flexibility index (Phi) is 20.3. The van der Waals surface area contributed by atoms with Gasteiger partial charge < -0.3 is 35.3 Å². The summed E-state index contributed by atoms with van der Waals surface area (Å²) < 4.78 is 15.4. The lowest BCUT2D eigenvalue weighted by Gasteiger charge is -2.27. The third kappa shape index (κ3) is 17.5. The minimum atomic E-state index is -1.35. The number of esters is 1. The van der Waals surface area contributed by atoms with Gasteiger partial charge in [0.1, 0.15) is 23.6 Å². The van der Waals surface area contributed by atoms with Crippen molar-refractivity contribution in [3.63, 3.8) is 0 Å². The number of aliphatic hydroxyl groups is 1. The van der Waals surface area contributed by atoms with Crippen molar-refractivity contribution in [1.29, 1.82) is 0 Å². The number of methoxy groups -OCH3 is 3. The molecule has 0 spiro atoms. The topological polar surface area (TPSA) is 204 Å². The Balaban J connectivity index is 1.73. The highest BCUT2D eigenvalue weighted by molar-refractivity contribution is 5.88. The molecule has 0 aliphatic rings. The molecule has 0 aromatic heterocycles. The Morgan fingerprint density at radius 2 is 1.36 bits per heavy atom. The summed E-state index contributed by atoms with van der Waals surface area (Å²) in [6.07, 6.45) is 2.73. The first-order chi connectivity index (χ1) is 27.9. The Labute approximate surface area is 342 Å². The molecule has 3 aromatic carbocycles. The lowest BCUT2D eigenvalue weighted by atomic mass is 9.97. The maximum atomic E-state index is 14.0. The van der Waals surface area contributed by atoms with E-state index < -0.39 is 48.4 Å². The van der Waals surface area contributed by atoms with Crippen LogP contribution in [0.5, 0.6) is 11.5 Å². The van der Waals surface area contributed by atoms with Gasteiger partial charge in [-0.15, -0.1) is 0 Å². The van der Waals surface area contributed by atoms with Crippen LogP contribution in [0.2, 0.25) is 0 Å². The lowest BCUT2D eigenvalue weighted by Crippen LogP contribution is -2.78. The minimum Gasteiger partial charge on any atom is -0.497 e. The number of hydrogen-bond donors (Lipinski definition) is 7. The number of carbonyl (C=O) groups is 4. The molecule has 3 aromatic rings. The zero-order valence-corrected chi connectivity index (χ0v) is 34.3. The summed E-state index contributed by atoms with van der Waals surface area (Å²) in [5.74, 6) is -0.262. The van der Waals surface area contributed by atoms with Gasteiger partial charge >= 0.3 is 11.9 Å². The molecule has 14 heteroatoms. The molecule has 0 aliphatic heterocycles. The number of hydrogen-bond acceptors (Lipinski definition) is 8. The van der Waals surface area contributed by atoms with Gasteiger partial charge in [-0.3, -0.25) is 30.4 Å². The summed E-state index contributed by atoms with van der Waals surface area (Å²) >= 11 is 0. The summed E-state index contributed by atoms with van der Waals surface area (Å²) in [6.45, 7) is 4.98. The molecule has 3 amide bonds. The van der Waals surface area contributed by atoms with Crippen LogP contribution in [0.3, 0.4) is 0 Å². The Morgan fingerprint density at radius 3 is 1.97 bits per heavy atom. The standard InChI is InChI=1S/C44H60N6O8/c1-30(2)24-26-47-44(45)46-25-10-14-36(48-40(52)15-9-13-31-16-20-34(56-3)21-17-31)42(54)50-37(27-32-11-7-6-8-12-32)39(51)29-41(53)49-38(43(55)58-5)28-33-18-22-35(57-4)23-19-33/h6-8,11-12,16-24,36-39,51H,9-10,13-15,25-29H2,1-5H3,(H,48,52)(H,49,53)(H,50,54)(H3,45,46,47)/p+1/t36-,37+,38+,39+/m1/s1. The normalized spacial score (nSPS) is 13.2. The van der Waals surface area contributed by atoms with Crippen molar-refractivity contribution < 1.29 is 43.5 Å². The summed E-state index contributed by atoms with van der Waals surface area (Å²) in [4.78, 5) is 56.4. The SMILES string of the molecule is COC(=O)[C@H](Cc1ccc(OC)cc1)NC(=O)C[C@H](O)[C@H](Cc1ccccc1)NC(=O)[C@@H](CCCNC(N)=[NH+]CC=C(C)C)NC(=O)CCCc1ccc(OC)cc1. The fraction of sp³-hybridized carbons (Fsp3) is 0.432. The predicted octanol–water partition coefficient (Wildman–Crippen LogP) is 1.62. The quantitative estimate of drug-likeness (QED) is 0.0229. The fourth-order valence-corrected chi connectivity index (χ4v) is 6.09. The zero-order valence-electron chi connectivity index (χ0n) is 34.3. The van der Waals surface area contributed by atoms with E-state index in [-0.39, 0.29) is 31.6 Å². The number of nitrogens with two attached hydrogens (primary N) is 1. The van der Waals surface area contributed by atoms with Crippen LogP contribution in [0, 0.1) is 0 Å². The molecule has 4 atom stereocenters. The van der Waals surface area contributed by atoms with E-state index in [1.54, 1.807) is 38.5 Å². The van der Waals surface area contributed by atoms with Crippen molar-refractivity contribution in [3.05, 3.63) is 107 Å². The van der Waals surface area contributed by atoms with Gasteiger partial charge in [0.15, 0.2) is 0 Å². The van der Waals surface area contributed by atoms with E-state index in [0.29, 0.717) is 44.1 Å². The van der Waals surface area contributed by atoms with E-state index in [4.69, 9.17) is 19.9 Å². The molecule has 0 aliphatic carbocycles. The number of nitrogens with one attached hydrogen (secondary N) is 5. The van der Waals surface area contributed by atoms with E-state index in [9.17, 15) is 24.3 Å². The molecule has 0 saturated carbocycles. The molecule has 0 fully saturated rings. The van der Waals surface area contributed by atoms with Gasteiger partial charge in [-0.2, -0.15) is 0 Å². The maximum Gasteiger partial charge on any atom is 0.341 e. The second kappa shape index (κ2) is 25.4. The highest BCUT2D eigenvalue weighted by atomic mass is 16.5. The number of ether oxygens (including phenoxy) is 3. The summed E-state index contributed by atoms with van der Waals surface area (Å²) in [5.41, 5.74) is 9.85. The summed E-state index contributed by atoms with van der Waals surface area (Å²) in [7, 11) is 4.39. The van der Waals surface area contributed by atoms with Crippen LogP contribution in [0.15, 0.2) is 90.5 Å². The van der Waals surface area contributed by atoms with Crippen molar-refractivity contribution >= 4 is 29.7 Å². The van der Waals surface area contributed by atoms with Crippen LogP contribution in [0.4, 0.5) is 0 Å². The van der Waals surface area contributed by atoms with Crippen LogP contribution >= 0.6 is 0 Å². The van der Waals surface area contributed by atoms with Crippen molar-refractivity contribution in [1.82, 2.24) is 21.3 Å². The van der Waals surface area contributed by atoms with E-state index in [1.165, 1.54) is 7.11 Å². The van der Waals surface area contributed by atoms with Crippen LogP contribution in [0.25, 0.3) is 0 Å². The largest absolute Gasteiger partial charge is 0.497 e. The van der Waals surface area contributed by atoms with Crippen LogP contribution in [0.1, 0.15) is 62.6 Å². The van der Waals surface area contributed by atoms with Gasteiger partial charge in [0.25, 0.3) is 0 Å². The molecule has 0 unspecified atom stereocenters. The molecule has 14 nitrogen and oxygen atoms in total. The average molecular weight is 802 g/mol. The van der Waals surface area contributed by atoms with Crippen molar-refractivity contribution in [2.45, 2.75) is 89.4 Å². The number of carbonyl (C=O) groups excluding carboxylic acids is 4. The molecular weight excluding hydrogens is 741 g/mol. The molecule has 3 rings (SSSR count).